The van der Waals surface area contributed by atoms with Crippen LogP contribution >= 0.6 is 23.5 Å². The van der Waals surface area contributed by atoms with Gasteiger partial charge in [-0.3, -0.25) is 9.11 Å². The van der Waals surface area contributed by atoms with E-state index >= 15 is 0 Å². The van der Waals surface area contributed by atoms with Crippen molar-refractivity contribution in [3.8, 4) is 22.6 Å². The third-order valence-corrected chi connectivity index (χ3v) is 12.5. The van der Waals surface area contributed by atoms with Crippen molar-refractivity contribution in [2.45, 2.75) is 62.2 Å². The molecule has 2 atom stereocenters. The van der Waals surface area contributed by atoms with Gasteiger partial charge < -0.3 is 20.9 Å². The van der Waals surface area contributed by atoms with Crippen LogP contribution in [0.2, 0.25) is 0 Å². The first-order valence-electron chi connectivity index (χ1n) is 15.8. The summed E-state index contributed by atoms with van der Waals surface area (Å²) in [5.74, 6) is -0.00259. The number of benzene rings is 4. The van der Waals surface area contributed by atoms with Crippen molar-refractivity contribution in [3.63, 3.8) is 0 Å². The van der Waals surface area contributed by atoms with Crippen molar-refractivity contribution in [1.29, 1.82) is 0 Å². The number of nitrogens with two attached hydrogens (primary N) is 2. The van der Waals surface area contributed by atoms with Crippen LogP contribution in [0.5, 0.6) is 11.5 Å². The summed E-state index contributed by atoms with van der Waals surface area (Å²) >= 11 is 3.34. The molecule has 10 nitrogen and oxygen atoms in total. The molecule has 0 spiro atoms. The number of hydrogen-bond donors (Lipinski definition) is 4. The number of hydrogen-bond acceptors (Lipinski definition) is 10. The van der Waals surface area contributed by atoms with E-state index in [0.717, 1.165) is 22.6 Å². The number of ether oxygens (including phenoxy) is 2. The minimum absolute atomic E-state index is 0.00129. The van der Waals surface area contributed by atoms with Gasteiger partial charge in [0.15, 0.2) is 0 Å². The van der Waals surface area contributed by atoms with Gasteiger partial charge in [-0.1, -0.05) is 36.4 Å². The highest BCUT2D eigenvalue weighted by molar-refractivity contribution is 8.00. The van der Waals surface area contributed by atoms with Crippen LogP contribution in [0.1, 0.15) is 36.8 Å². The second-order valence-electron chi connectivity index (χ2n) is 11.6. The van der Waals surface area contributed by atoms with Gasteiger partial charge in [-0.2, -0.15) is 16.8 Å². The van der Waals surface area contributed by atoms with Crippen molar-refractivity contribution < 1.29 is 35.4 Å². The van der Waals surface area contributed by atoms with Gasteiger partial charge in [-0.15, -0.1) is 23.5 Å². The molecule has 0 bridgehead atoms. The molecule has 0 saturated carbocycles. The van der Waals surface area contributed by atoms with Gasteiger partial charge in [0.25, 0.3) is 20.2 Å². The summed E-state index contributed by atoms with van der Waals surface area (Å²) in [4.78, 5) is 1.31. The SMILES string of the molecule is NCCC(CCOc1cc2c(cc1S(=O)(=O)O)-c1cc(S(=O)(=O)O)c(OCCC(CCN)Sc3ccccc3)cc1C2)Sc1ccccc1. The maximum Gasteiger partial charge on any atom is 0.298 e. The molecule has 14 heteroatoms. The zero-order valence-corrected chi connectivity index (χ0v) is 30.0. The topological polar surface area (TPSA) is 179 Å². The minimum atomic E-state index is -4.71. The van der Waals surface area contributed by atoms with Gasteiger partial charge in [-0.05, 0) is 116 Å². The van der Waals surface area contributed by atoms with Crippen molar-refractivity contribution >= 4 is 43.8 Å². The fraction of sp³-hybridized carbons (Fsp3) is 0.314. The monoisotopic (exact) mass is 744 g/mol. The molecule has 4 aromatic rings. The fourth-order valence-corrected chi connectivity index (χ4v) is 9.32. The standard InChI is InChI=1S/C35H40N2O8S4/c36-15-11-28(46-26-7-3-1-4-8-26)13-17-44-32-20-24-19-25-21-33(45-18-14-29(12-16-37)47-27-9-5-2-6-10-27)35(49(41,42)43)23-31(25)30(24)22-34(32)48(38,39)40/h1-10,20-23,28-29H,11-19,36-37H2,(H,38,39,40)(H,41,42,43). The van der Waals surface area contributed by atoms with Crippen LogP contribution in [0, 0.1) is 0 Å². The van der Waals surface area contributed by atoms with E-state index in [9.17, 15) is 25.9 Å². The Bertz CT molecular complexity index is 1800. The summed E-state index contributed by atoms with van der Waals surface area (Å²) < 4.78 is 82.3. The zero-order chi connectivity index (χ0) is 35.0. The van der Waals surface area contributed by atoms with Crippen LogP contribution in [-0.4, -0.2) is 62.7 Å². The molecule has 0 aliphatic heterocycles. The normalized spacial score (nSPS) is 13.8. The summed E-state index contributed by atoms with van der Waals surface area (Å²) in [5.41, 5.74) is 13.9. The van der Waals surface area contributed by atoms with E-state index in [4.69, 9.17) is 20.9 Å². The molecule has 4 aromatic carbocycles. The Morgan fingerprint density at radius 3 is 1.35 bits per heavy atom. The molecule has 0 saturated heterocycles. The molecule has 0 heterocycles. The minimum Gasteiger partial charge on any atom is -0.492 e. The molecule has 2 unspecified atom stereocenters. The molecular weight excluding hydrogens is 705 g/mol. The Labute approximate surface area is 296 Å². The van der Waals surface area contributed by atoms with E-state index in [-0.39, 0.29) is 35.2 Å². The Morgan fingerprint density at radius 2 is 1.00 bits per heavy atom. The van der Waals surface area contributed by atoms with Crippen LogP contribution in [0.3, 0.4) is 0 Å². The van der Waals surface area contributed by atoms with E-state index in [1.165, 1.54) is 12.1 Å². The van der Waals surface area contributed by atoms with Gasteiger partial charge in [0, 0.05) is 20.3 Å². The maximum absolute atomic E-state index is 12.5. The van der Waals surface area contributed by atoms with E-state index in [1.54, 1.807) is 35.7 Å². The second kappa shape index (κ2) is 16.8. The molecule has 1 aliphatic rings. The van der Waals surface area contributed by atoms with E-state index < -0.39 is 30.0 Å². The van der Waals surface area contributed by atoms with Gasteiger partial charge in [0.2, 0.25) is 0 Å². The molecule has 1 aliphatic carbocycles. The highest BCUT2D eigenvalue weighted by atomic mass is 32.2. The van der Waals surface area contributed by atoms with Gasteiger partial charge in [-0.25, -0.2) is 0 Å². The second-order valence-corrected chi connectivity index (χ2v) is 17.1. The van der Waals surface area contributed by atoms with Crippen LogP contribution < -0.4 is 20.9 Å². The van der Waals surface area contributed by atoms with E-state index in [2.05, 4.69) is 0 Å². The van der Waals surface area contributed by atoms with Gasteiger partial charge in [0.1, 0.15) is 21.3 Å². The lowest BCUT2D eigenvalue weighted by atomic mass is 10.1. The summed E-state index contributed by atoms with van der Waals surface area (Å²) in [6.45, 7) is 1.32. The molecule has 6 N–H and O–H groups in total. The first-order chi connectivity index (χ1) is 23.5. The predicted molar refractivity (Wildman–Crippen MR) is 194 cm³/mol. The highest BCUT2D eigenvalue weighted by Crippen LogP contribution is 2.45. The molecule has 0 aromatic heterocycles. The summed E-state index contributed by atoms with van der Waals surface area (Å²) in [6.07, 6.45) is 2.94. The predicted octanol–water partition coefficient (Wildman–Crippen LogP) is 6.31. The van der Waals surface area contributed by atoms with Gasteiger partial charge in [0.05, 0.1) is 13.2 Å². The molecule has 0 fully saturated rings. The third-order valence-electron chi connectivity index (χ3n) is 8.03. The summed E-state index contributed by atoms with van der Waals surface area (Å²) in [5, 5.41) is 0.250. The molecule has 0 amide bonds. The van der Waals surface area contributed by atoms with Crippen LogP contribution in [0.4, 0.5) is 0 Å². The number of thioether (sulfide) groups is 2. The van der Waals surface area contributed by atoms with Crippen molar-refractivity contribution in [2.24, 2.45) is 11.5 Å². The quantitative estimate of drug-likeness (QED) is 0.0582. The number of fused-ring (bicyclic) bond motifs is 3. The zero-order valence-electron chi connectivity index (χ0n) is 26.7. The van der Waals surface area contributed by atoms with Crippen LogP contribution in [-0.2, 0) is 26.7 Å². The van der Waals surface area contributed by atoms with Crippen molar-refractivity contribution in [1.82, 2.24) is 0 Å². The van der Waals surface area contributed by atoms with Crippen LogP contribution in [0.15, 0.2) is 105 Å². The fourth-order valence-electron chi connectivity index (χ4n) is 5.71. The van der Waals surface area contributed by atoms with Gasteiger partial charge >= 0.3 is 0 Å². The molecular formula is C35H40N2O8S4. The molecule has 49 heavy (non-hydrogen) atoms. The average Bonchev–Trinajstić information content (AvgIpc) is 3.40. The number of rotatable bonds is 18. The lowest BCUT2D eigenvalue weighted by Crippen LogP contribution is -2.15. The molecule has 5 rings (SSSR count). The Balaban J connectivity index is 1.35. The van der Waals surface area contributed by atoms with Crippen molar-refractivity contribution in [2.75, 3.05) is 26.3 Å². The Kier molecular flexibility index (Phi) is 12.7. The van der Waals surface area contributed by atoms with E-state index in [0.29, 0.717) is 54.6 Å². The maximum atomic E-state index is 12.5. The summed E-state index contributed by atoms with van der Waals surface area (Å²) in [7, 11) is -9.43. The Morgan fingerprint density at radius 1 is 0.612 bits per heavy atom. The Hall–Kier alpha value is -3.08. The lowest BCUT2D eigenvalue weighted by molar-refractivity contribution is 0.298. The molecule has 262 valence electrons. The van der Waals surface area contributed by atoms with Crippen molar-refractivity contribution in [3.05, 3.63) is 96.1 Å². The first kappa shape index (κ1) is 37.2. The smallest absolute Gasteiger partial charge is 0.298 e. The third kappa shape index (κ3) is 10.0. The summed E-state index contributed by atoms with van der Waals surface area (Å²) in [6, 6.07) is 25.5. The van der Waals surface area contributed by atoms with Crippen LogP contribution in [0.25, 0.3) is 11.1 Å². The van der Waals surface area contributed by atoms with E-state index in [1.807, 2.05) is 60.7 Å². The molecule has 0 radical (unpaired) electrons. The lowest BCUT2D eigenvalue weighted by Gasteiger charge is -2.18. The first-order valence-corrected chi connectivity index (χ1v) is 20.5. The highest BCUT2D eigenvalue weighted by Gasteiger charge is 2.29. The average molecular weight is 745 g/mol. The largest absolute Gasteiger partial charge is 0.492 e.